The highest BCUT2D eigenvalue weighted by Crippen LogP contribution is 2.12. The Bertz CT molecular complexity index is 716. The van der Waals surface area contributed by atoms with Crippen molar-refractivity contribution in [2.24, 2.45) is 4.99 Å². The zero-order valence-corrected chi connectivity index (χ0v) is 18.5. The molecule has 2 aromatic rings. The number of benzene rings is 2. The highest BCUT2D eigenvalue weighted by Gasteiger charge is 2.04. The van der Waals surface area contributed by atoms with Gasteiger partial charge in [-0.25, -0.2) is 4.99 Å². The molecule has 0 bridgehead atoms. The molecule has 5 heteroatoms. The Labute approximate surface area is 174 Å². The fourth-order valence-electron chi connectivity index (χ4n) is 2.74. The number of ether oxygens (including phenoxy) is 1. The molecule has 2 N–H and O–H groups in total. The van der Waals surface area contributed by atoms with Crippen molar-refractivity contribution in [2.75, 3.05) is 13.7 Å². The lowest BCUT2D eigenvalue weighted by Gasteiger charge is -2.14. The summed E-state index contributed by atoms with van der Waals surface area (Å²) in [6.45, 7) is 9.17. The summed E-state index contributed by atoms with van der Waals surface area (Å²) >= 11 is 0. The Morgan fingerprint density at radius 3 is 2.38 bits per heavy atom. The number of guanidine groups is 1. The minimum absolute atomic E-state index is 0. The number of hydrogen-bond donors (Lipinski definition) is 2. The Balaban J connectivity index is 0.00000338. The van der Waals surface area contributed by atoms with Gasteiger partial charge in [-0.2, -0.15) is 0 Å². The zero-order chi connectivity index (χ0) is 18.1. The lowest BCUT2D eigenvalue weighted by atomic mass is 10.1. The average Bonchev–Trinajstić information content (AvgIpc) is 2.60. The van der Waals surface area contributed by atoms with Crippen molar-refractivity contribution in [2.45, 2.75) is 40.5 Å². The van der Waals surface area contributed by atoms with Crippen molar-refractivity contribution in [1.82, 2.24) is 10.6 Å². The van der Waals surface area contributed by atoms with Crippen molar-refractivity contribution >= 4 is 29.9 Å². The van der Waals surface area contributed by atoms with E-state index < -0.39 is 0 Å². The topological polar surface area (TPSA) is 45.7 Å². The molecule has 26 heavy (non-hydrogen) atoms. The van der Waals surface area contributed by atoms with E-state index in [-0.39, 0.29) is 24.0 Å². The van der Waals surface area contributed by atoms with Crippen LogP contribution in [0.5, 0.6) is 0 Å². The molecule has 0 spiro atoms. The molecule has 0 unspecified atom stereocenters. The number of methoxy groups -OCH3 is 1. The first-order valence-electron chi connectivity index (χ1n) is 8.78. The SMILES string of the molecule is CCNC(=NCc1ccccc1COC)NCc1ccc(C)cc1C.I. The van der Waals surface area contributed by atoms with Crippen LogP contribution in [0.2, 0.25) is 0 Å². The second kappa shape index (κ2) is 11.9. The third-order valence-corrected chi connectivity index (χ3v) is 4.11. The number of halogens is 1. The summed E-state index contributed by atoms with van der Waals surface area (Å²) in [5.41, 5.74) is 6.24. The molecule has 4 nitrogen and oxygen atoms in total. The lowest BCUT2D eigenvalue weighted by molar-refractivity contribution is 0.184. The summed E-state index contributed by atoms with van der Waals surface area (Å²) in [5.74, 6) is 0.828. The van der Waals surface area contributed by atoms with Crippen molar-refractivity contribution < 1.29 is 4.74 Å². The molecule has 0 aliphatic carbocycles. The van der Waals surface area contributed by atoms with Gasteiger partial charge in [-0.3, -0.25) is 0 Å². The molecule has 2 aromatic carbocycles. The van der Waals surface area contributed by atoms with Crippen LogP contribution in [0.1, 0.15) is 34.7 Å². The highest BCUT2D eigenvalue weighted by molar-refractivity contribution is 14.0. The number of hydrogen-bond acceptors (Lipinski definition) is 2. The molecule has 142 valence electrons. The molecule has 0 radical (unpaired) electrons. The molecule has 0 aliphatic heterocycles. The molecular formula is C21H30IN3O. The summed E-state index contributed by atoms with van der Waals surface area (Å²) in [6.07, 6.45) is 0. The highest BCUT2D eigenvalue weighted by atomic mass is 127. The van der Waals surface area contributed by atoms with E-state index in [4.69, 9.17) is 9.73 Å². The summed E-state index contributed by atoms with van der Waals surface area (Å²) < 4.78 is 5.27. The van der Waals surface area contributed by atoms with Crippen LogP contribution in [-0.2, 0) is 24.4 Å². The maximum Gasteiger partial charge on any atom is 0.191 e. The molecule has 0 atom stereocenters. The van der Waals surface area contributed by atoms with Crippen LogP contribution in [0.3, 0.4) is 0 Å². The number of rotatable bonds is 7. The van der Waals surface area contributed by atoms with Crippen LogP contribution in [0.15, 0.2) is 47.5 Å². The Morgan fingerprint density at radius 1 is 1.00 bits per heavy atom. The summed E-state index contributed by atoms with van der Waals surface area (Å²) in [5, 5.41) is 6.74. The summed E-state index contributed by atoms with van der Waals surface area (Å²) in [4.78, 5) is 4.73. The third kappa shape index (κ3) is 6.96. The number of aryl methyl sites for hydroxylation is 2. The monoisotopic (exact) mass is 467 g/mol. The van der Waals surface area contributed by atoms with Gasteiger partial charge in [0.15, 0.2) is 5.96 Å². The van der Waals surface area contributed by atoms with Gasteiger partial charge >= 0.3 is 0 Å². The van der Waals surface area contributed by atoms with Crippen LogP contribution in [-0.4, -0.2) is 19.6 Å². The first-order valence-corrected chi connectivity index (χ1v) is 8.78. The third-order valence-electron chi connectivity index (χ3n) is 4.11. The molecule has 0 saturated heterocycles. The van der Waals surface area contributed by atoms with E-state index in [1.54, 1.807) is 7.11 Å². The summed E-state index contributed by atoms with van der Waals surface area (Å²) in [7, 11) is 1.72. The van der Waals surface area contributed by atoms with E-state index in [1.807, 2.05) is 12.1 Å². The van der Waals surface area contributed by atoms with Crippen molar-refractivity contribution in [3.63, 3.8) is 0 Å². The second-order valence-electron chi connectivity index (χ2n) is 6.18. The van der Waals surface area contributed by atoms with Gasteiger partial charge in [0.05, 0.1) is 13.2 Å². The van der Waals surface area contributed by atoms with Crippen molar-refractivity contribution in [3.8, 4) is 0 Å². The van der Waals surface area contributed by atoms with Crippen molar-refractivity contribution in [1.29, 1.82) is 0 Å². The van der Waals surface area contributed by atoms with Gasteiger partial charge in [-0.15, -0.1) is 24.0 Å². The number of aliphatic imine (C=N–C) groups is 1. The van der Waals surface area contributed by atoms with Gasteiger partial charge in [0.25, 0.3) is 0 Å². The second-order valence-corrected chi connectivity index (χ2v) is 6.18. The van der Waals surface area contributed by atoms with E-state index in [0.29, 0.717) is 13.2 Å². The smallest absolute Gasteiger partial charge is 0.191 e. The zero-order valence-electron chi connectivity index (χ0n) is 16.1. The molecule has 0 saturated carbocycles. The van der Waals surface area contributed by atoms with Gasteiger partial charge in [0.2, 0.25) is 0 Å². The Morgan fingerprint density at radius 2 is 1.73 bits per heavy atom. The minimum Gasteiger partial charge on any atom is -0.380 e. The van der Waals surface area contributed by atoms with Crippen LogP contribution in [0.25, 0.3) is 0 Å². The van der Waals surface area contributed by atoms with Crippen LogP contribution >= 0.6 is 24.0 Å². The van der Waals surface area contributed by atoms with E-state index in [2.05, 4.69) is 61.7 Å². The standard InChI is InChI=1S/C21H29N3O.HI/c1-5-22-21(23-13-18-11-10-16(2)12-17(18)3)24-14-19-8-6-7-9-20(19)15-25-4;/h6-12H,5,13-15H2,1-4H3,(H2,22,23,24);1H. The van der Waals surface area contributed by atoms with E-state index in [0.717, 1.165) is 19.0 Å². The predicted octanol–water partition coefficient (Wildman–Crippen LogP) is 4.32. The average molecular weight is 467 g/mol. The van der Waals surface area contributed by atoms with E-state index >= 15 is 0 Å². The molecule has 2 rings (SSSR count). The van der Waals surface area contributed by atoms with Crippen LogP contribution in [0.4, 0.5) is 0 Å². The van der Waals surface area contributed by atoms with Crippen LogP contribution in [0, 0.1) is 13.8 Å². The predicted molar refractivity (Wildman–Crippen MR) is 120 cm³/mol. The molecule has 0 fully saturated rings. The molecular weight excluding hydrogens is 437 g/mol. The fraction of sp³-hybridized carbons (Fsp3) is 0.381. The van der Waals surface area contributed by atoms with Crippen molar-refractivity contribution in [3.05, 3.63) is 70.3 Å². The molecule has 0 amide bonds. The number of nitrogens with zero attached hydrogens (tertiary/aromatic N) is 1. The van der Waals surface area contributed by atoms with Gasteiger partial charge in [0.1, 0.15) is 0 Å². The quantitative estimate of drug-likeness (QED) is 0.362. The Hall–Kier alpha value is -1.60. The van der Waals surface area contributed by atoms with Gasteiger partial charge < -0.3 is 15.4 Å². The first-order chi connectivity index (χ1) is 12.1. The maximum absolute atomic E-state index is 5.27. The van der Waals surface area contributed by atoms with E-state index in [9.17, 15) is 0 Å². The minimum atomic E-state index is 0. The normalized spacial score (nSPS) is 11.0. The number of nitrogens with one attached hydrogen (secondary N) is 2. The largest absolute Gasteiger partial charge is 0.380 e. The van der Waals surface area contributed by atoms with Gasteiger partial charge in [-0.1, -0.05) is 48.0 Å². The van der Waals surface area contributed by atoms with Gasteiger partial charge in [0, 0.05) is 20.2 Å². The van der Waals surface area contributed by atoms with Crippen LogP contribution < -0.4 is 10.6 Å². The summed E-state index contributed by atoms with van der Waals surface area (Å²) in [6, 6.07) is 14.8. The molecule has 0 heterocycles. The Kier molecular flexibility index (Phi) is 10.3. The fourth-order valence-corrected chi connectivity index (χ4v) is 2.74. The maximum atomic E-state index is 5.27. The molecule has 0 aliphatic rings. The molecule has 0 aromatic heterocycles. The van der Waals surface area contributed by atoms with Gasteiger partial charge in [-0.05, 0) is 43.0 Å². The first kappa shape index (κ1) is 22.4. The van der Waals surface area contributed by atoms with E-state index in [1.165, 1.54) is 27.8 Å². The lowest BCUT2D eigenvalue weighted by Crippen LogP contribution is -2.37.